The van der Waals surface area contributed by atoms with Crippen molar-refractivity contribution in [2.75, 3.05) is 0 Å². The maximum Gasteiger partial charge on any atom is -0.0263 e. The van der Waals surface area contributed by atoms with Crippen LogP contribution in [0.2, 0.25) is 0 Å². The Hall–Kier alpha value is 0. The molecule has 0 heterocycles. The molecule has 17 heavy (non-hydrogen) atoms. The standard InChI is InChI=1S/C17H32/c1-13(11-16(3,4)5)8-10-17-9-6-7-14(2)15(17)12-17/h13-15H,6-12H2,1-5H3. The van der Waals surface area contributed by atoms with Crippen molar-refractivity contribution in [1.29, 1.82) is 0 Å². The van der Waals surface area contributed by atoms with Crippen LogP contribution in [0.3, 0.4) is 0 Å². The Kier molecular flexibility index (Phi) is 3.63. The van der Waals surface area contributed by atoms with Crippen LogP contribution in [0.1, 0.15) is 79.6 Å². The molecule has 0 nitrogen and oxygen atoms in total. The first-order chi connectivity index (χ1) is 7.82. The van der Waals surface area contributed by atoms with E-state index >= 15 is 0 Å². The van der Waals surface area contributed by atoms with E-state index in [0.29, 0.717) is 5.41 Å². The van der Waals surface area contributed by atoms with Gasteiger partial charge < -0.3 is 0 Å². The number of fused-ring (bicyclic) bond motifs is 1. The first kappa shape index (κ1) is 13.4. The third-order valence-electron chi connectivity index (χ3n) is 5.37. The summed E-state index contributed by atoms with van der Waals surface area (Å²) in [5.74, 6) is 3.06. The van der Waals surface area contributed by atoms with Crippen molar-refractivity contribution in [3.05, 3.63) is 0 Å². The summed E-state index contributed by atoms with van der Waals surface area (Å²) in [4.78, 5) is 0. The Balaban J connectivity index is 1.76. The second-order valence-corrected chi connectivity index (χ2v) is 8.45. The van der Waals surface area contributed by atoms with E-state index in [1.54, 1.807) is 12.8 Å². The van der Waals surface area contributed by atoms with E-state index in [1.807, 2.05) is 0 Å². The van der Waals surface area contributed by atoms with Crippen LogP contribution in [0.15, 0.2) is 0 Å². The van der Waals surface area contributed by atoms with Crippen molar-refractivity contribution >= 4 is 0 Å². The predicted molar refractivity (Wildman–Crippen MR) is 76.0 cm³/mol. The van der Waals surface area contributed by atoms with Crippen molar-refractivity contribution in [2.24, 2.45) is 28.6 Å². The molecule has 2 saturated carbocycles. The molecule has 2 aliphatic rings. The van der Waals surface area contributed by atoms with Gasteiger partial charge in [-0.25, -0.2) is 0 Å². The molecule has 0 aromatic heterocycles. The van der Waals surface area contributed by atoms with Crippen LogP contribution in [-0.4, -0.2) is 0 Å². The van der Waals surface area contributed by atoms with E-state index in [-0.39, 0.29) is 0 Å². The Bertz CT molecular complexity index is 260. The lowest BCUT2D eigenvalue weighted by molar-refractivity contribution is 0.223. The van der Waals surface area contributed by atoms with Crippen molar-refractivity contribution in [2.45, 2.75) is 79.6 Å². The maximum atomic E-state index is 2.49. The van der Waals surface area contributed by atoms with Gasteiger partial charge in [-0.2, -0.15) is 0 Å². The molecule has 0 aromatic carbocycles. The first-order valence-corrected chi connectivity index (χ1v) is 7.82. The topological polar surface area (TPSA) is 0 Å². The van der Waals surface area contributed by atoms with Crippen LogP contribution in [0.5, 0.6) is 0 Å². The van der Waals surface area contributed by atoms with Crippen LogP contribution in [-0.2, 0) is 0 Å². The SMILES string of the molecule is CC(CCC12CCCC(C)C1C2)CC(C)(C)C. The van der Waals surface area contributed by atoms with Gasteiger partial charge in [-0.1, -0.05) is 53.9 Å². The summed E-state index contributed by atoms with van der Waals surface area (Å²) in [5.41, 5.74) is 1.34. The third-order valence-corrected chi connectivity index (χ3v) is 5.37. The molecule has 0 aliphatic heterocycles. The van der Waals surface area contributed by atoms with Crippen molar-refractivity contribution in [3.8, 4) is 0 Å². The highest BCUT2D eigenvalue weighted by molar-refractivity contribution is 5.06. The number of hydrogen-bond donors (Lipinski definition) is 0. The molecule has 4 atom stereocenters. The van der Waals surface area contributed by atoms with Crippen LogP contribution < -0.4 is 0 Å². The van der Waals surface area contributed by atoms with Gasteiger partial charge in [-0.15, -0.1) is 0 Å². The van der Waals surface area contributed by atoms with Crippen LogP contribution >= 0.6 is 0 Å². The van der Waals surface area contributed by atoms with Gasteiger partial charge in [-0.05, 0) is 54.3 Å². The summed E-state index contributed by atoms with van der Waals surface area (Å²) in [6, 6.07) is 0. The highest BCUT2D eigenvalue weighted by Crippen LogP contribution is 2.66. The molecule has 2 fully saturated rings. The fourth-order valence-corrected chi connectivity index (χ4v) is 4.54. The highest BCUT2D eigenvalue weighted by atomic mass is 14.6. The van der Waals surface area contributed by atoms with Gasteiger partial charge in [0.15, 0.2) is 0 Å². The Labute approximate surface area is 109 Å². The van der Waals surface area contributed by atoms with Crippen LogP contribution in [0.25, 0.3) is 0 Å². The Morgan fingerprint density at radius 2 is 2.00 bits per heavy atom. The molecule has 4 unspecified atom stereocenters. The first-order valence-electron chi connectivity index (χ1n) is 7.82. The molecule has 0 saturated heterocycles. The Morgan fingerprint density at radius 1 is 1.29 bits per heavy atom. The number of rotatable bonds is 4. The lowest BCUT2D eigenvalue weighted by atomic mass is 9.77. The van der Waals surface area contributed by atoms with Gasteiger partial charge >= 0.3 is 0 Å². The molecule has 2 rings (SSSR count). The van der Waals surface area contributed by atoms with Crippen LogP contribution in [0, 0.1) is 28.6 Å². The van der Waals surface area contributed by atoms with E-state index in [2.05, 4.69) is 34.6 Å². The molecule has 0 spiro atoms. The Morgan fingerprint density at radius 3 is 2.65 bits per heavy atom. The van der Waals surface area contributed by atoms with Gasteiger partial charge in [0.1, 0.15) is 0 Å². The number of hydrogen-bond acceptors (Lipinski definition) is 0. The average Bonchev–Trinajstić information content (AvgIpc) is 2.89. The average molecular weight is 236 g/mol. The normalized spacial score (nSPS) is 38.6. The molecule has 100 valence electrons. The predicted octanol–water partition coefficient (Wildman–Crippen LogP) is 5.67. The van der Waals surface area contributed by atoms with Gasteiger partial charge in [0.05, 0.1) is 0 Å². The van der Waals surface area contributed by atoms with E-state index in [1.165, 1.54) is 32.1 Å². The van der Waals surface area contributed by atoms with Gasteiger partial charge in [0.2, 0.25) is 0 Å². The fraction of sp³-hybridized carbons (Fsp3) is 1.00. The minimum Gasteiger partial charge on any atom is -0.0625 e. The van der Waals surface area contributed by atoms with Crippen LogP contribution in [0.4, 0.5) is 0 Å². The molecule has 0 N–H and O–H groups in total. The third kappa shape index (κ3) is 3.26. The second-order valence-electron chi connectivity index (χ2n) is 8.45. The zero-order chi connectivity index (χ0) is 12.7. The molecular formula is C17H32. The largest absolute Gasteiger partial charge is 0.0625 e. The van der Waals surface area contributed by atoms with E-state index in [9.17, 15) is 0 Å². The molecule has 0 bridgehead atoms. The molecule has 2 aliphatic carbocycles. The molecule has 0 aromatic rings. The van der Waals surface area contributed by atoms with E-state index in [0.717, 1.165) is 23.2 Å². The zero-order valence-corrected chi connectivity index (χ0v) is 12.7. The minimum atomic E-state index is 0.514. The molecule has 0 heteroatoms. The van der Waals surface area contributed by atoms with Crippen molar-refractivity contribution in [1.82, 2.24) is 0 Å². The second kappa shape index (κ2) is 4.59. The summed E-state index contributed by atoms with van der Waals surface area (Å²) < 4.78 is 0. The monoisotopic (exact) mass is 236 g/mol. The molecular weight excluding hydrogens is 204 g/mol. The summed E-state index contributed by atoms with van der Waals surface area (Å²) in [5, 5.41) is 0. The summed E-state index contributed by atoms with van der Waals surface area (Å²) in [6.07, 6.45) is 10.5. The van der Waals surface area contributed by atoms with Crippen molar-refractivity contribution < 1.29 is 0 Å². The highest BCUT2D eigenvalue weighted by Gasteiger charge is 2.56. The smallest absolute Gasteiger partial charge is 0.0263 e. The van der Waals surface area contributed by atoms with Gasteiger partial charge in [-0.3, -0.25) is 0 Å². The van der Waals surface area contributed by atoms with E-state index in [4.69, 9.17) is 0 Å². The molecule has 0 radical (unpaired) electrons. The lowest BCUT2D eigenvalue weighted by Gasteiger charge is -2.29. The molecule has 0 amide bonds. The van der Waals surface area contributed by atoms with E-state index < -0.39 is 0 Å². The zero-order valence-electron chi connectivity index (χ0n) is 12.7. The quantitative estimate of drug-likeness (QED) is 0.590. The fourth-order valence-electron chi connectivity index (χ4n) is 4.54. The lowest BCUT2D eigenvalue weighted by Crippen LogP contribution is -2.18. The summed E-state index contributed by atoms with van der Waals surface area (Å²) in [6.45, 7) is 12.1. The summed E-state index contributed by atoms with van der Waals surface area (Å²) >= 11 is 0. The maximum absolute atomic E-state index is 2.49. The summed E-state index contributed by atoms with van der Waals surface area (Å²) in [7, 11) is 0. The van der Waals surface area contributed by atoms with Gasteiger partial charge in [0.25, 0.3) is 0 Å². The minimum absolute atomic E-state index is 0.514. The van der Waals surface area contributed by atoms with Crippen molar-refractivity contribution in [3.63, 3.8) is 0 Å². The van der Waals surface area contributed by atoms with Gasteiger partial charge in [0, 0.05) is 0 Å².